The molecule has 0 heterocycles. The number of halogens is 2. The van der Waals surface area contributed by atoms with Gasteiger partial charge in [-0.2, -0.15) is 0 Å². The third kappa shape index (κ3) is 4.70. The topological polar surface area (TPSA) is 38.3 Å². The SMILES string of the molecule is COc1ccc(C)cc1NC(=O)C(Sc1ccc(F)cc1F)c1ccccc1. The van der Waals surface area contributed by atoms with Gasteiger partial charge in [-0.1, -0.05) is 36.4 Å². The molecule has 0 aliphatic heterocycles. The number of carbonyl (C=O) groups excluding carboxylic acids is 1. The molecule has 1 amide bonds. The average Bonchev–Trinajstić information content (AvgIpc) is 2.68. The van der Waals surface area contributed by atoms with Gasteiger partial charge in [-0.15, -0.1) is 11.8 Å². The zero-order chi connectivity index (χ0) is 20.1. The number of hydrogen-bond donors (Lipinski definition) is 1. The molecule has 1 N–H and O–H groups in total. The van der Waals surface area contributed by atoms with Crippen molar-refractivity contribution in [1.82, 2.24) is 0 Å². The van der Waals surface area contributed by atoms with E-state index in [1.165, 1.54) is 19.2 Å². The summed E-state index contributed by atoms with van der Waals surface area (Å²) in [6, 6.07) is 17.8. The average molecular weight is 399 g/mol. The second-order valence-electron chi connectivity index (χ2n) is 6.18. The van der Waals surface area contributed by atoms with Gasteiger partial charge in [-0.25, -0.2) is 8.78 Å². The van der Waals surface area contributed by atoms with E-state index >= 15 is 0 Å². The molecule has 3 rings (SSSR count). The zero-order valence-corrected chi connectivity index (χ0v) is 16.2. The zero-order valence-electron chi connectivity index (χ0n) is 15.4. The summed E-state index contributed by atoms with van der Waals surface area (Å²) in [5.74, 6) is -1.16. The van der Waals surface area contributed by atoms with Crippen LogP contribution in [-0.2, 0) is 4.79 Å². The lowest BCUT2D eigenvalue weighted by atomic mass is 10.1. The van der Waals surface area contributed by atoms with Gasteiger partial charge in [-0.05, 0) is 42.3 Å². The quantitative estimate of drug-likeness (QED) is 0.536. The van der Waals surface area contributed by atoms with Crippen LogP contribution in [-0.4, -0.2) is 13.0 Å². The van der Waals surface area contributed by atoms with Crippen molar-refractivity contribution in [3.63, 3.8) is 0 Å². The van der Waals surface area contributed by atoms with Gasteiger partial charge in [0.25, 0.3) is 0 Å². The molecule has 1 unspecified atom stereocenters. The minimum absolute atomic E-state index is 0.196. The summed E-state index contributed by atoms with van der Waals surface area (Å²) in [4.78, 5) is 13.3. The third-order valence-corrected chi connectivity index (χ3v) is 5.40. The number of hydrogen-bond acceptors (Lipinski definition) is 3. The highest BCUT2D eigenvalue weighted by Crippen LogP contribution is 2.38. The summed E-state index contributed by atoms with van der Waals surface area (Å²) in [7, 11) is 1.53. The fourth-order valence-electron chi connectivity index (χ4n) is 2.72. The van der Waals surface area contributed by atoms with Crippen LogP contribution in [0.3, 0.4) is 0 Å². The predicted molar refractivity (Wildman–Crippen MR) is 108 cm³/mol. The monoisotopic (exact) mass is 399 g/mol. The van der Waals surface area contributed by atoms with Crippen molar-refractivity contribution in [1.29, 1.82) is 0 Å². The smallest absolute Gasteiger partial charge is 0.242 e. The first kappa shape index (κ1) is 19.9. The molecule has 0 bridgehead atoms. The number of benzene rings is 3. The van der Waals surface area contributed by atoms with Gasteiger partial charge in [0.1, 0.15) is 22.6 Å². The highest BCUT2D eigenvalue weighted by Gasteiger charge is 2.24. The molecular weight excluding hydrogens is 380 g/mol. The van der Waals surface area contributed by atoms with Gasteiger partial charge in [-0.3, -0.25) is 4.79 Å². The van der Waals surface area contributed by atoms with Gasteiger partial charge in [0.15, 0.2) is 0 Å². The minimum Gasteiger partial charge on any atom is -0.495 e. The number of nitrogens with one attached hydrogen (secondary N) is 1. The fraction of sp³-hybridized carbons (Fsp3) is 0.136. The van der Waals surface area contributed by atoms with Crippen molar-refractivity contribution in [2.24, 2.45) is 0 Å². The van der Waals surface area contributed by atoms with E-state index in [-0.39, 0.29) is 10.8 Å². The molecule has 3 nitrogen and oxygen atoms in total. The Morgan fingerprint density at radius 1 is 1.04 bits per heavy atom. The third-order valence-electron chi connectivity index (χ3n) is 4.09. The number of amides is 1. The number of anilines is 1. The Balaban J connectivity index is 1.93. The maximum absolute atomic E-state index is 14.2. The van der Waals surface area contributed by atoms with Gasteiger partial charge in [0.05, 0.1) is 12.8 Å². The Labute approximate surface area is 166 Å². The Kier molecular flexibility index (Phi) is 6.31. The van der Waals surface area contributed by atoms with Crippen LogP contribution in [0, 0.1) is 18.6 Å². The summed E-state index contributed by atoms with van der Waals surface area (Å²) in [5.41, 5.74) is 2.21. The Bertz CT molecular complexity index is 980. The second-order valence-corrected chi connectivity index (χ2v) is 7.32. The highest BCUT2D eigenvalue weighted by molar-refractivity contribution is 8.00. The highest BCUT2D eigenvalue weighted by atomic mass is 32.2. The van der Waals surface area contributed by atoms with E-state index in [4.69, 9.17) is 4.74 Å². The van der Waals surface area contributed by atoms with Crippen molar-refractivity contribution < 1.29 is 18.3 Å². The van der Waals surface area contributed by atoms with Crippen molar-refractivity contribution in [3.05, 3.63) is 89.5 Å². The van der Waals surface area contributed by atoms with Crippen LogP contribution in [0.1, 0.15) is 16.4 Å². The Morgan fingerprint density at radius 3 is 2.46 bits per heavy atom. The van der Waals surface area contributed by atoms with Crippen LogP contribution in [0.4, 0.5) is 14.5 Å². The largest absolute Gasteiger partial charge is 0.495 e. The number of methoxy groups -OCH3 is 1. The number of aryl methyl sites for hydroxylation is 1. The first-order chi connectivity index (χ1) is 13.5. The Morgan fingerprint density at radius 2 is 1.79 bits per heavy atom. The number of thioether (sulfide) groups is 1. The number of rotatable bonds is 6. The molecular formula is C22H19F2NO2S. The van der Waals surface area contributed by atoms with Crippen LogP contribution in [0.5, 0.6) is 5.75 Å². The molecule has 0 saturated carbocycles. The van der Waals surface area contributed by atoms with Gasteiger partial charge in [0, 0.05) is 11.0 Å². The molecule has 0 aliphatic rings. The second kappa shape index (κ2) is 8.89. The van der Waals surface area contributed by atoms with Crippen molar-refractivity contribution in [3.8, 4) is 5.75 Å². The summed E-state index contributed by atoms with van der Waals surface area (Å²) in [6.07, 6.45) is 0. The van der Waals surface area contributed by atoms with Gasteiger partial charge < -0.3 is 10.1 Å². The van der Waals surface area contributed by atoms with Crippen molar-refractivity contribution in [2.45, 2.75) is 17.1 Å². The number of carbonyl (C=O) groups is 1. The molecule has 28 heavy (non-hydrogen) atoms. The summed E-state index contributed by atoms with van der Waals surface area (Å²) < 4.78 is 32.7. The molecule has 6 heteroatoms. The van der Waals surface area contributed by atoms with E-state index < -0.39 is 16.9 Å². The fourth-order valence-corrected chi connectivity index (χ4v) is 3.75. The van der Waals surface area contributed by atoms with Crippen molar-refractivity contribution in [2.75, 3.05) is 12.4 Å². The molecule has 0 aromatic heterocycles. The molecule has 1 atom stereocenters. The van der Waals surface area contributed by atoms with E-state index in [1.54, 1.807) is 18.2 Å². The Hall–Kier alpha value is -2.86. The van der Waals surface area contributed by atoms with E-state index in [0.29, 0.717) is 17.0 Å². The molecule has 144 valence electrons. The summed E-state index contributed by atoms with van der Waals surface area (Å²) in [5, 5.41) is 2.14. The molecule has 0 spiro atoms. The lowest BCUT2D eigenvalue weighted by molar-refractivity contribution is -0.115. The normalized spacial score (nSPS) is 11.7. The molecule has 0 saturated heterocycles. The van der Waals surface area contributed by atoms with Crippen molar-refractivity contribution >= 4 is 23.4 Å². The lowest BCUT2D eigenvalue weighted by Crippen LogP contribution is -2.19. The minimum atomic E-state index is -0.730. The van der Waals surface area contributed by atoms with Crippen LogP contribution in [0.15, 0.2) is 71.6 Å². The first-order valence-electron chi connectivity index (χ1n) is 8.60. The van der Waals surface area contributed by atoms with E-state index in [2.05, 4.69) is 5.32 Å². The van der Waals surface area contributed by atoms with E-state index in [1.807, 2.05) is 37.3 Å². The first-order valence-corrected chi connectivity index (χ1v) is 9.48. The van der Waals surface area contributed by atoms with Crippen LogP contribution < -0.4 is 10.1 Å². The number of ether oxygens (including phenoxy) is 1. The standard InChI is InChI=1S/C22H19F2NO2S/c1-14-8-10-19(27-2)18(12-14)25-22(26)21(15-6-4-3-5-7-15)28-20-11-9-16(23)13-17(20)24/h3-13,21H,1-2H3,(H,25,26). The van der Waals surface area contributed by atoms with Gasteiger partial charge >= 0.3 is 0 Å². The predicted octanol–water partition coefficient (Wildman–Crippen LogP) is 5.75. The van der Waals surface area contributed by atoms with E-state index in [9.17, 15) is 13.6 Å². The summed E-state index contributed by atoms with van der Waals surface area (Å²) in [6.45, 7) is 1.91. The lowest BCUT2D eigenvalue weighted by Gasteiger charge is -2.19. The van der Waals surface area contributed by atoms with Crippen LogP contribution in [0.25, 0.3) is 0 Å². The molecule has 0 radical (unpaired) electrons. The summed E-state index contributed by atoms with van der Waals surface area (Å²) >= 11 is 1.03. The molecule has 3 aromatic rings. The molecule has 0 aliphatic carbocycles. The van der Waals surface area contributed by atoms with Gasteiger partial charge in [0.2, 0.25) is 5.91 Å². The van der Waals surface area contributed by atoms with Crippen LogP contribution >= 0.6 is 11.8 Å². The van der Waals surface area contributed by atoms with E-state index in [0.717, 1.165) is 23.4 Å². The maximum Gasteiger partial charge on any atom is 0.242 e. The van der Waals surface area contributed by atoms with Crippen LogP contribution in [0.2, 0.25) is 0 Å². The molecule has 3 aromatic carbocycles. The molecule has 0 fully saturated rings. The maximum atomic E-state index is 14.2.